The Kier molecular flexibility index (Phi) is 6.04. The summed E-state index contributed by atoms with van der Waals surface area (Å²) < 4.78 is 5.69. The summed E-state index contributed by atoms with van der Waals surface area (Å²) in [7, 11) is 4.04. The highest BCUT2D eigenvalue weighted by atomic mass is 16.4. The van der Waals surface area contributed by atoms with Gasteiger partial charge in [-0.15, -0.1) is 0 Å². The van der Waals surface area contributed by atoms with Crippen molar-refractivity contribution in [1.82, 2.24) is 15.2 Å². The zero-order valence-electron chi connectivity index (χ0n) is 16.0. The second kappa shape index (κ2) is 8.64. The lowest BCUT2D eigenvalue weighted by atomic mass is 10.1. The molecule has 0 bridgehead atoms. The molecule has 0 fully saturated rings. The fourth-order valence-corrected chi connectivity index (χ4v) is 2.93. The van der Waals surface area contributed by atoms with Gasteiger partial charge < -0.3 is 14.6 Å². The third-order valence-corrected chi connectivity index (χ3v) is 4.58. The maximum absolute atomic E-state index is 12.6. The molecular formula is C22H25N3O2. The molecule has 140 valence electrons. The van der Waals surface area contributed by atoms with Crippen LogP contribution in [0.2, 0.25) is 0 Å². The van der Waals surface area contributed by atoms with E-state index in [2.05, 4.69) is 27.3 Å². The van der Waals surface area contributed by atoms with E-state index in [0.717, 1.165) is 12.0 Å². The Labute approximate surface area is 160 Å². The van der Waals surface area contributed by atoms with Crippen LogP contribution in [0, 0.1) is 6.92 Å². The van der Waals surface area contributed by atoms with Gasteiger partial charge in [0.1, 0.15) is 5.76 Å². The van der Waals surface area contributed by atoms with Crippen molar-refractivity contribution in [3.8, 4) is 11.5 Å². The van der Waals surface area contributed by atoms with Gasteiger partial charge in [-0.25, -0.2) is 4.98 Å². The Balaban J connectivity index is 1.66. The third kappa shape index (κ3) is 4.83. The maximum atomic E-state index is 12.6. The molecule has 5 nitrogen and oxygen atoms in total. The highest BCUT2D eigenvalue weighted by Gasteiger charge is 2.20. The number of carbonyl (C=O) groups is 1. The number of hydrogen-bond acceptors (Lipinski definition) is 4. The first-order chi connectivity index (χ1) is 13.0. The van der Waals surface area contributed by atoms with Crippen LogP contribution in [0.25, 0.3) is 11.5 Å². The Bertz CT molecular complexity index is 873. The van der Waals surface area contributed by atoms with E-state index in [1.165, 1.54) is 5.56 Å². The number of hydrogen-bond donors (Lipinski definition) is 1. The number of amides is 1. The molecule has 1 amide bonds. The summed E-state index contributed by atoms with van der Waals surface area (Å²) in [5, 5.41) is 3.00. The molecule has 1 N–H and O–H groups in total. The first-order valence-electron chi connectivity index (χ1n) is 9.06. The molecule has 1 aromatic heterocycles. The molecule has 1 atom stereocenters. The highest BCUT2D eigenvalue weighted by molar-refractivity contribution is 5.93. The van der Waals surface area contributed by atoms with Crippen LogP contribution in [0.1, 0.15) is 21.8 Å². The molecule has 0 saturated heterocycles. The van der Waals surface area contributed by atoms with Crippen LogP contribution in [0.3, 0.4) is 0 Å². The van der Waals surface area contributed by atoms with Crippen molar-refractivity contribution in [2.45, 2.75) is 19.4 Å². The predicted molar refractivity (Wildman–Crippen MR) is 107 cm³/mol. The van der Waals surface area contributed by atoms with Crippen molar-refractivity contribution in [3.05, 3.63) is 77.7 Å². The summed E-state index contributed by atoms with van der Waals surface area (Å²) in [5.41, 5.74) is 2.44. The topological polar surface area (TPSA) is 58.4 Å². The first kappa shape index (κ1) is 18.9. The fourth-order valence-electron chi connectivity index (χ4n) is 2.93. The van der Waals surface area contributed by atoms with Crippen LogP contribution < -0.4 is 5.32 Å². The summed E-state index contributed by atoms with van der Waals surface area (Å²) in [6.45, 7) is 2.30. The summed E-state index contributed by atoms with van der Waals surface area (Å²) in [6, 6.07) is 20.1. The molecule has 0 saturated carbocycles. The molecule has 5 heteroatoms. The average Bonchev–Trinajstić information content (AvgIpc) is 3.08. The largest absolute Gasteiger partial charge is 0.441 e. The number of oxazole rings is 1. The van der Waals surface area contributed by atoms with Crippen molar-refractivity contribution in [3.63, 3.8) is 0 Å². The van der Waals surface area contributed by atoms with Crippen molar-refractivity contribution in [1.29, 1.82) is 0 Å². The molecule has 0 spiro atoms. The summed E-state index contributed by atoms with van der Waals surface area (Å²) in [6.07, 6.45) is 0.862. The first-order valence-corrected chi connectivity index (χ1v) is 9.06. The molecule has 0 radical (unpaired) electrons. The minimum Gasteiger partial charge on any atom is -0.441 e. The highest BCUT2D eigenvalue weighted by Crippen LogP contribution is 2.21. The van der Waals surface area contributed by atoms with Crippen molar-refractivity contribution >= 4 is 5.91 Å². The van der Waals surface area contributed by atoms with Crippen LogP contribution >= 0.6 is 0 Å². The number of nitrogens with zero attached hydrogens (tertiary/aromatic N) is 2. The molecule has 1 unspecified atom stereocenters. The van der Waals surface area contributed by atoms with Crippen LogP contribution in [0.4, 0.5) is 0 Å². The Hall–Kier alpha value is -2.92. The Morgan fingerprint density at radius 3 is 2.33 bits per heavy atom. The summed E-state index contributed by atoms with van der Waals surface area (Å²) in [5.74, 6) is 0.779. The molecule has 0 aliphatic rings. The lowest BCUT2D eigenvalue weighted by Gasteiger charge is -2.24. The van der Waals surface area contributed by atoms with E-state index in [1.54, 1.807) is 6.92 Å². The minimum absolute atomic E-state index is 0.192. The lowest BCUT2D eigenvalue weighted by Crippen LogP contribution is -2.41. The maximum Gasteiger partial charge on any atom is 0.273 e. The van der Waals surface area contributed by atoms with Crippen molar-refractivity contribution < 1.29 is 9.21 Å². The van der Waals surface area contributed by atoms with Gasteiger partial charge in [-0.2, -0.15) is 0 Å². The predicted octanol–water partition coefficient (Wildman–Crippen LogP) is 3.55. The zero-order valence-corrected chi connectivity index (χ0v) is 16.0. The molecule has 0 aliphatic heterocycles. The van der Waals surface area contributed by atoms with Gasteiger partial charge in [0.2, 0.25) is 5.89 Å². The number of aryl methyl sites for hydroxylation is 1. The number of nitrogens with one attached hydrogen (secondary N) is 1. The number of aromatic nitrogens is 1. The van der Waals surface area contributed by atoms with Gasteiger partial charge in [-0.3, -0.25) is 4.79 Å². The van der Waals surface area contributed by atoms with Gasteiger partial charge >= 0.3 is 0 Å². The molecule has 27 heavy (non-hydrogen) atoms. The number of rotatable bonds is 7. The van der Waals surface area contributed by atoms with Gasteiger partial charge in [0.05, 0.1) is 0 Å². The van der Waals surface area contributed by atoms with E-state index in [-0.39, 0.29) is 11.9 Å². The summed E-state index contributed by atoms with van der Waals surface area (Å²) >= 11 is 0. The Morgan fingerprint density at radius 1 is 1.07 bits per heavy atom. The third-order valence-electron chi connectivity index (χ3n) is 4.58. The number of carbonyl (C=O) groups excluding carboxylic acids is 1. The van der Waals surface area contributed by atoms with Gasteiger partial charge in [0.25, 0.3) is 5.91 Å². The standard InChI is InChI=1S/C22H25N3O2/c1-16-20(24-22(27-16)18-12-8-5-9-13-18)21(26)23-15-19(25(2)3)14-17-10-6-4-7-11-17/h4-13,19H,14-15H2,1-3H3,(H,23,26). The minimum atomic E-state index is -0.210. The van der Waals surface area contributed by atoms with Crippen LogP contribution in [0.15, 0.2) is 65.1 Å². The Morgan fingerprint density at radius 2 is 1.70 bits per heavy atom. The van der Waals surface area contributed by atoms with E-state index < -0.39 is 0 Å². The normalized spacial score (nSPS) is 12.1. The van der Waals surface area contributed by atoms with E-state index in [1.807, 2.05) is 62.6 Å². The van der Waals surface area contributed by atoms with E-state index in [0.29, 0.717) is 23.9 Å². The molecule has 1 heterocycles. The second-order valence-corrected chi connectivity index (χ2v) is 6.81. The van der Waals surface area contributed by atoms with Crippen molar-refractivity contribution in [2.75, 3.05) is 20.6 Å². The van der Waals surface area contributed by atoms with Crippen LogP contribution in [0.5, 0.6) is 0 Å². The van der Waals surface area contributed by atoms with Crippen molar-refractivity contribution in [2.24, 2.45) is 0 Å². The molecule has 3 rings (SSSR count). The molecule has 3 aromatic rings. The smallest absolute Gasteiger partial charge is 0.273 e. The molecular weight excluding hydrogens is 338 g/mol. The average molecular weight is 363 g/mol. The van der Waals surface area contributed by atoms with Crippen LogP contribution in [-0.2, 0) is 6.42 Å². The quantitative estimate of drug-likeness (QED) is 0.697. The summed E-state index contributed by atoms with van der Waals surface area (Å²) in [4.78, 5) is 19.2. The molecule has 2 aromatic carbocycles. The monoisotopic (exact) mass is 363 g/mol. The van der Waals surface area contributed by atoms with E-state index in [9.17, 15) is 4.79 Å². The van der Waals surface area contributed by atoms with Gasteiger partial charge in [-0.1, -0.05) is 48.5 Å². The van der Waals surface area contributed by atoms with Crippen LogP contribution in [-0.4, -0.2) is 42.5 Å². The molecule has 0 aliphatic carbocycles. The number of likely N-dealkylation sites (N-methyl/N-ethyl adjacent to an activating group) is 1. The fraction of sp³-hybridized carbons (Fsp3) is 0.273. The van der Waals surface area contributed by atoms with E-state index in [4.69, 9.17) is 4.42 Å². The SMILES string of the molecule is Cc1oc(-c2ccccc2)nc1C(=O)NCC(Cc1ccccc1)N(C)C. The zero-order chi connectivity index (χ0) is 19.2. The lowest BCUT2D eigenvalue weighted by molar-refractivity contribution is 0.0936. The van der Waals surface area contributed by atoms with Gasteiger partial charge in [0.15, 0.2) is 5.69 Å². The van der Waals surface area contributed by atoms with E-state index >= 15 is 0 Å². The number of benzene rings is 2. The van der Waals surface area contributed by atoms with Gasteiger partial charge in [0, 0.05) is 18.2 Å². The second-order valence-electron chi connectivity index (χ2n) is 6.81. The van der Waals surface area contributed by atoms with Gasteiger partial charge in [-0.05, 0) is 45.1 Å².